The van der Waals surface area contributed by atoms with Gasteiger partial charge in [0, 0.05) is 13.1 Å². The molecule has 1 aliphatic heterocycles. The zero-order valence-corrected chi connectivity index (χ0v) is 14.5. The maximum Gasteiger partial charge on any atom is 0.240 e. The van der Waals surface area contributed by atoms with E-state index in [0.717, 1.165) is 19.6 Å². The summed E-state index contributed by atoms with van der Waals surface area (Å²) in [6.45, 7) is 9.35. The molecule has 0 aromatic carbocycles. The molecule has 0 bridgehead atoms. The molecule has 1 saturated heterocycles. The van der Waals surface area contributed by atoms with Crippen LogP contribution < -0.4 is 4.72 Å². The molecule has 2 aliphatic carbocycles. The zero-order valence-electron chi connectivity index (χ0n) is 13.7. The second-order valence-electron chi connectivity index (χ2n) is 7.29. The minimum atomic E-state index is -3.62. The first-order valence-electron chi connectivity index (χ1n) is 8.32. The lowest BCUT2D eigenvalue weighted by Crippen LogP contribution is -2.45. The van der Waals surface area contributed by atoms with Gasteiger partial charge in [-0.25, -0.2) is 8.42 Å². The fraction of sp³-hybridized carbons (Fsp3) is 0.812. The number of nitrogens with one attached hydrogen (secondary N) is 1. The lowest BCUT2D eigenvalue weighted by atomic mass is 10.1. The Labute approximate surface area is 138 Å². The molecule has 3 rings (SSSR count). The second-order valence-corrected chi connectivity index (χ2v) is 9.36. The summed E-state index contributed by atoms with van der Waals surface area (Å²) >= 11 is 0. The molecule has 1 unspecified atom stereocenters. The fourth-order valence-corrected chi connectivity index (χ4v) is 5.02. The van der Waals surface area contributed by atoms with Crippen molar-refractivity contribution in [1.29, 1.82) is 0 Å². The molecule has 3 fully saturated rings. The van der Waals surface area contributed by atoms with E-state index in [1.807, 2.05) is 0 Å². The first-order chi connectivity index (χ1) is 10.8. The SMILES string of the molecule is C=CC1C[C@]1(C)C(=O)NS(=O)(=O)C1(CCN2CCOCC2)CC1. The molecule has 1 amide bonds. The highest BCUT2D eigenvalue weighted by atomic mass is 32.2. The zero-order chi connectivity index (χ0) is 16.7. The van der Waals surface area contributed by atoms with E-state index in [4.69, 9.17) is 4.74 Å². The Morgan fingerprint density at radius 1 is 1.39 bits per heavy atom. The minimum absolute atomic E-state index is 0.0844. The van der Waals surface area contributed by atoms with Gasteiger partial charge in [0.1, 0.15) is 0 Å². The molecule has 1 N–H and O–H groups in total. The Morgan fingerprint density at radius 3 is 2.57 bits per heavy atom. The van der Waals surface area contributed by atoms with E-state index in [1.54, 1.807) is 13.0 Å². The van der Waals surface area contributed by atoms with Crippen molar-refractivity contribution in [2.24, 2.45) is 11.3 Å². The Kier molecular flexibility index (Phi) is 4.31. The highest BCUT2D eigenvalue weighted by Crippen LogP contribution is 2.54. The third-order valence-electron chi connectivity index (χ3n) is 5.70. The fourth-order valence-electron chi connectivity index (χ4n) is 3.33. The third-order valence-corrected chi connectivity index (χ3v) is 7.90. The summed E-state index contributed by atoms with van der Waals surface area (Å²) in [6, 6.07) is 0. The molecule has 0 spiro atoms. The van der Waals surface area contributed by atoms with Gasteiger partial charge in [-0.05, 0) is 38.1 Å². The second kappa shape index (κ2) is 5.86. The number of nitrogens with zero attached hydrogens (tertiary/aromatic N) is 1. The van der Waals surface area contributed by atoms with Gasteiger partial charge in [0.25, 0.3) is 0 Å². The molecule has 0 radical (unpaired) electrons. The number of allylic oxidation sites excluding steroid dienone is 1. The highest BCUT2D eigenvalue weighted by molar-refractivity contribution is 7.91. The average Bonchev–Trinajstić information content (AvgIpc) is 3.42. The number of amides is 1. The average molecular weight is 342 g/mol. The van der Waals surface area contributed by atoms with E-state index in [2.05, 4.69) is 16.2 Å². The standard InChI is InChI=1S/C16H26N2O4S/c1-3-13-12-15(13,2)14(19)17-23(20,21)16(4-5-16)6-7-18-8-10-22-11-9-18/h3,13H,1,4-12H2,2H3,(H,17,19)/t13?,15-/m0/s1. The number of carbonyl (C=O) groups is 1. The van der Waals surface area contributed by atoms with Crippen LogP contribution >= 0.6 is 0 Å². The van der Waals surface area contributed by atoms with Gasteiger partial charge < -0.3 is 4.74 Å². The molecule has 7 heteroatoms. The molecule has 6 nitrogen and oxygen atoms in total. The van der Waals surface area contributed by atoms with Crippen molar-refractivity contribution in [2.75, 3.05) is 32.8 Å². The topological polar surface area (TPSA) is 75.7 Å². The van der Waals surface area contributed by atoms with E-state index in [9.17, 15) is 13.2 Å². The van der Waals surface area contributed by atoms with Crippen LogP contribution in [0.1, 0.15) is 32.6 Å². The molecule has 3 aliphatic rings. The van der Waals surface area contributed by atoms with Crippen LogP contribution in [0.3, 0.4) is 0 Å². The molecular weight excluding hydrogens is 316 g/mol. The number of morpholine rings is 1. The van der Waals surface area contributed by atoms with Crippen molar-refractivity contribution in [3.8, 4) is 0 Å². The van der Waals surface area contributed by atoms with Crippen molar-refractivity contribution in [2.45, 2.75) is 37.4 Å². The Morgan fingerprint density at radius 2 is 2.04 bits per heavy atom. The van der Waals surface area contributed by atoms with E-state index in [1.165, 1.54) is 0 Å². The molecule has 2 atom stereocenters. The van der Waals surface area contributed by atoms with Crippen LogP contribution in [0.5, 0.6) is 0 Å². The maximum absolute atomic E-state index is 12.7. The van der Waals surface area contributed by atoms with E-state index >= 15 is 0 Å². The molecule has 2 saturated carbocycles. The Bertz CT molecular complexity index is 593. The van der Waals surface area contributed by atoms with Crippen molar-refractivity contribution >= 4 is 15.9 Å². The summed E-state index contributed by atoms with van der Waals surface area (Å²) in [5.41, 5.74) is -0.602. The van der Waals surface area contributed by atoms with Gasteiger partial charge in [0.05, 0.1) is 23.4 Å². The van der Waals surface area contributed by atoms with Crippen LogP contribution in [-0.4, -0.2) is 56.8 Å². The smallest absolute Gasteiger partial charge is 0.240 e. The van der Waals surface area contributed by atoms with Crippen molar-refractivity contribution in [3.63, 3.8) is 0 Å². The van der Waals surface area contributed by atoms with Crippen LogP contribution in [0.15, 0.2) is 12.7 Å². The van der Waals surface area contributed by atoms with Gasteiger partial charge in [-0.2, -0.15) is 0 Å². The van der Waals surface area contributed by atoms with Crippen molar-refractivity contribution in [3.05, 3.63) is 12.7 Å². The van der Waals surface area contributed by atoms with Crippen LogP contribution in [0.4, 0.5) is 0 Å². The summed E-state index contributed by atoms with van der Waals surface area (Å²) in [5, 5.41) is 0. The quantitative estimate of drug-likeness (QED) is 0.696. The summed E-state index contributed by atoms with van der Waals surface area (Å²) in [4.78, 5) is 14.6. The van der Waals surface area contributed by atoms with Crippen molar-refractivity contribution in [1.82, 2.24) is 9.62 Å². The van der Waals surface area contributed by atoms with Gasteiger partial charge in [-0.1, -0.05) is 13.0 Å². The summed E-state index contributed by atoms with van der Waals surface area (Å²) in [5.74, 6) is -0.291. The van der Waals surface area contributed by atoms with Gasteiger partial charge >= 0.3 is 0 Å². The largest absolute Gasteiger partial charge is 0.379 e. The summed E-state index contributed by atoms with van der Waals surface area (Å²) in [6.07, 6.45) is 4.27. The lowest BCUT2D eigenvalue weighted by Gasteiger charge is -2.28. The van der Waals surface area contributed by atoms with Crippen LogP contribution in [0, 0.1) is 11.3 Å². The van der Waals surface area contributed by atoms with Gasteiger partial charge in [-0.3, -0.25) is 14.4 Å². The summed E-state index contributed by atoms with van der Waals surface area (Å²) < 4.78 is 32.2. The number of rotatable bonds is 7. The Hall–Kier alpha value is -0.920. The molecule has 0 aromatic heterocycles. The number of hydrogen-bond donors (Lipinski definition) is 1. The van der Waals surface area contributed by atoms with E-state index in [0.29, 0.717) is 38.9 Å². The van der Waals surface area contributed by atoms with Gasteiger partial charge in [0.2, 0.25) is 15.9 Å². The van der Waals surface area contributed by atoms with Crippen LogP contribution in [0.25, 0.3) is 0 Å². The number of carbonyl (C=O) groups excluding carboxylic acids is 1. The Balaban J connectivity index is 1.58. The maximum atomic E-state index is 12.7. The molecule has 23 heavy (non-hydrogen) atoms. The van der Waals surface area contributed by atoms with Gasteiger partial charge in [-0.15, -0.1) is 6.58 Å². The first kappa shape index (κ1) is 16.9. The monoisotopic (exact) mass is 342 g/mol. The highest BCUT2D eigenvalue weighted by Gasteiger charge is 2.59. The number of hydrogen-bond acceptors (Lipinski definition) is 5. The first-order valence-corrected chi connectivity index (χ1v) is 9.81. The van der Waals surface area contributed by atoms with Crippen molar-refractivity contribution < 1.29 is 17.9 Å². The van der Waals surface area contributed by atoms with Gasteiger partial charge in [0.15, 0.2) is 0 Å². The molecular formula is C16H26N2O4S. The predicted octanol–water partition coefficient (Wildman–Crippen LogP) is 0.900. The minimum Gasteiger partial charge on any atom is -0.379 e. The normalized spacial score (nSPS) is 33.0. The molecule has 130 valence electrons. The predicted molar refractivity (Wildman–Crippen MR) is 87.3 cm³/mol. The molecule has 0 aromatic rings. The number of ether oxygens (including phenoxy) is 1. The van der Waals surface area contributed by atoms with Crippen LogP contribution in [-0.2, 0) is 19.6 Å². The lowest BCUT2D eigenvalue weighted by molar-refractivity contribution is -0.124. The van der Waals surface area contributed by atoms with E-state index < -0.39 is 20.2 Å². The third kappa shape index (κ3) is 3.19. The van der Waals surface area contributed by atoms with E-state index in [-0.39, 0.29) is 11.8 Å². The number of sulfonamides is 1. The van der Waals surface area contributed by atoms with Crippen LogP contribution in [0.2, 0.25) is 0 Å². The molecule has 1 heterocycles. The summed E-state index contributed by atoms with van der Waals surface area (Å²) in [7, 11) is -3.62.